The zero-order valence-electron chi connectivity index (χ0n) is 19.8. The van der Waals surface area contributed by atoms with Crippen molar-refractivity contribution in [2.75, 3.05) is 20.8 Å². The first-order valence-corrected chi connectivity index (χ1v) is 13.5. The number of hydrogen-bond donors (Lipinski definition) is 1. The smallest absolute Gasteiger partial charge is 0.338 e. The summed E-state index contributed by atoms with van der Waals surface area (Å²) in [6, 6.07) is 7.96. The van der Waals surface area contributed by atoms with Gasteiger partial charge in [-0.05, 0) is 72.3 Å². The van der Waals surface area contributed by atoms with Crippen LogP contribution in [0.5, 0.6) is 17.2 Å². The van der Waals surface area contributed by atoms with E-state index in [9.17, 15) is 14.7 Å². The topological polar surface area (TPSA) is 99.4 Å². The highest BCUT2D eigenvalue weighted by molar-refractivity contribution is 14.1. The largest absolute Gasteiger partial charge is 0.506 e. The van der Waals surface area contributed by atoms with Gasteiger partial charge in [-0.25, -0.2) is 9.79 Å². The SMILES string of the molecule is CCOC(=O)C1=C(C)N=c2s/c(=C/c3cc(Br)cc(I)c3O)c(=O)n2[C@@H]1c1ccc(OC)c(OC)c1. The van der Waals surface area contributed by atoms with Gasteiger partial charge in [-0.3, -0.25) is 9.36 Å². The fraction of sp³-hybridized carbons (Fsp3) is 0.240. The van der Waals surface area contributed by atoms with Gasteiger partial charge in [0.05, 0.1) is 46.2 Å². The number of methoxy groups -OCH3 is 2. The van der Waals surface area contributed by atoms with Gasteiger partial charge in [0.1, 0.15) is 5.75 Å². The van der Waals surface area contributed by atoms with Crippen molar-refractivity contribution in [3.05, 3.63) is 80.5 Å². The molecule has 0 amide bonds. The lowest BCUT2D eigenvalue weighted by Gasteiger charge is -2.25. The van der Waals surface area contributed by atoms with Crippen LogP contribution in [0, 0.1) is 3.57 Å². The number of benzene rings is 2. The second-order valence-electron chi connectivity index (χ2n) is 7.74. The van der Waals surface area contributed by atoms with E-state index in [-0.39, 0.29) is 23.5 Å². The molecular weight excluding hydrogens is 663 g/mol. The second kappa shape index (κ2) is 10.8. The van der Waals surface area contributed by atoms with Gasteiger partial charge in [0.2, 0.25) is 0 Å². The Morgan fingerprint density at radius 2 is 1.97 bits per heavy atom. The maximum atomic E-state index is 13.7. The predicted octanol–water partition coefficient (Wildman–Crippen LogP) is 3.89. The molecule has 8 nitrogen and oxygen atoms in total. The molecule has 1 atom stereocenters. The number of rotatable bonds is 6. The molecule has 0 aliphatic carbocycles. The molecule has 0 spiro atoms. The number of thiazole rings is 1. The first-order valence-electron chi connectivity index (χ1n) is 10.8. The number of carbonyl (C=O) groups is 1. The van der Waals surface area contributed by atoms with Crippen LogP contribution in [0.2, 0.25) is 0 Å². The fourth-order valence-electron chi connectivity index (χ4n) is 3.97. The molecule has 1 aliphatic heterocycles. The number of fused-ring (bicyclic) bond motifs is 1. The molecule has 188 valence electrons. The molecule has 0 saturated carbocycles. The van der Waals surface area contributed by atoms with Gasteiger partial charge in [0.25, 0.3) is 5.56 Å². The molecule has 4 rings (SSSR count). The number of allylic oxidation sites excluding steroid dienone is 1. The van der Waals surface area contributed by atoms with Crippen molar-refractivity contribution in [3.63, 3.8) is 0 Å². The Bertz CT molecular complexity index is 1580. The Morgan fingerprint density at radius 3 is 2.64 bits per heavy atom. The minimum atomic E-state index is -0.793. The number of hydrogen-bond acceptors (Lipinski definition) is 8. The number of aromatic hydroxyl groups is 1. The number of nitrogens with zero attached hydrogens (tertiary/aromatic N) is 2. The summed E-state index contributed by atoms with van der Waals surface area (Å²) >= 11 is 6.64. The maximum absolute atomic E-state index is 13.7. The average Bonchev–Trinajstić information content (AvgIpc) is 3.15. The van der Waals surface area contributed by atoms with Crippen molar-refractivity contribution >= 4 is 61.9 Å². The molecule has 0 fully saturated rings. The Balaban J connectivity index is 2.00. The van der Waals surface area contributed by atoms with Gasteiger partial charge >= 0.3 is 5.97 Å². The Hall–Kier alpha value is -2.64. The summed E-state index contributed by atoms with van der Waals surface area (Å²) in [6.45, 7) is 3.62. The van der Waals surface area contributed by atoms with E-state index < -0.39 is 12.0 Å². The van der Waals surface area contributed by atoms with Gasteiger partial charge in [-0.1, -0.05) is 33.3 Å². The molecule has 3 aromatic rings. The number of halogens is 2. The lowest BCUT2D eigenvalue weighted by atomic mass is 9.95. The average molecular weight is 685 g/mol. The van der Waals surface area contributed by atoms with E-state index >= 15 is 0 Å². The molecule has 36 heavy (non-hydrogen) atoms. The van der Waals surface area contributed by atoms with Crippen LogP contribution < -0.4 is 24.4 Å². The fourth-order valence-corrected chi connectivity index (χ4v) is 6.55. The molecule has 1 N–H and O–H groups in total. The maximum Gasteiger partial charge on any atom is 0.338 e. The first kappa shape index (κ1) is 26.4. The van der Waals surface area contributed by atoms with Crippen LogP contribution in [-0.2, 0) is 9.53 Å². The van der Waals surface area contributed by atoms with Crippen LogP contribution in [0.25, 0.3) is 6.08 Å². The van der Waals surface area contributed by atoms with Gasteiger partial charge < -0.3 is 19.3 Å². The lowest BCUT2D eigenvalue weighted by Crippen LogP contribution is -2.40. The summed E-state index contributed by atoms with van der Waals surface area (Å²) in [4.78, 5) is 31.8. The van der Waals surface area contributed by atoms with E-state index in [1.54, 1.807) is 50.3 Å². The normalized spacial score (nSPS) is 15.4. The highest BCUT2D eigenvalue weighted by atomic mass is 127. The predicted molar refractivity (Wildman–Crippen MR) is 148 cm³/mol. The summed E-state index contributed by atoms with van der Waals surface area (Å²) < 4.78 is 19.4. The minimum Gasteiger partial charge on any atom is -0.506 e. The van der Waals surface area contributed by atoms with Gasteiger partial charge in [0.15, 0.2) is 16.3 Å². The van der Waals surface area contributed by atoms with Crippen molar-refractivity contribution in [2.24, 2.45) is 4.99 Å². The molecule has 1 aliphatic rings. The van der Waals surface area contributed by atoms with E-state index in [1.165, 1.54) is 30.1 Å². The van der Waals surface area contributed by atoms with Crippen LogP contribution in [0.3, 0.4) is 0 Å². The molecule has 11 heteroatoms. The number of phenols is 1. The molecule has 1 aromatic heterocycles. The van der Waals surface area contributed by atoms with Crippen LogP contribution in [0.15, 0.2) is 55.9 Å². The lowest BCUT2D eigenvalue weighted by molar-refractivity contribution is -0.139. The highest BCUT2D eigenvalue weighted by Gasteiger charge is 2.34. The zero-order valence-corrected chi connectivity index (χ0v) is 24.4. The highest BCUT2D eigenvalue weighted by Crippen LogP contribution is 2.36. The molecule has 0 radical (unpaired) electrons. The van der Waals surface area contributed by atoms with E-state index in [4.69, 9.17) is 14.2 Å². The number of phenolic OH excluding ortho intramolecular Hbond substituents is 1. The molecule has 2 aromatic carbocycles. The number of ether oxygens (including phenoxy) is 3. The second-order valence-corrected chi connectivity index (χ2v) is 10.8. The third kappa shape index (κ3) is 4.83. The first-order chi connectivity index (χ1) is 17.2. The summed E-state index contributed by atoms with van der Waals surface area (Å²) in [5, 5.41) is 10.5. The quantitative estimate of drug-likeness (QED) is 0.313. The Morgan fingerprint density at radius 1 is 1.25 bits per heavy atom. The summed E-state index contributed by atoms with van der Waals surface area (Å²) in [5.74, 6) is 0.506. The van der Waals surface area contributed by atoms with Crippen molar-refractivity contribution in [1.82, 2.24) is 4.57 Å². The molecule has 2 heterocycles. The monoisotopic (exact) mass is 684 g/mol. The van der Waals surface area contributed by atoms with Crippen molar-refractivity contribution < 1.29 is 24.1 Å². The minimum absolute atomic E-state index is 0.0736. The van der Waals surface area contributed by atoms with Crippen molar-refractivity contribution in [3.8, 4) is 17.2 Å². The third-order valence-corrected chi connectivity index (χ3v) is 7.85. The van der Waals surface area contributed by atoms with Gasteiger partial charge in [-0.2, -0.15) is 0 Å². The van der Waals surface area contributed by atoms with Gasteiger partial charge in [-0.15, -0.1) is 0 Å². The van der Waals surface area contributed by atoms with Crippen molar-refractivity contribution in [2.45, 2.75) is 19.9 Å². The Kier molecular flexibility index (Phi) is 7.90. The van der Waals surface area contributed by atoms with Gasteiger partial charge in [0, 0.05) is 10.0 Å². The third-order valence-electron chi connectivity index (χ3n) is 5.58. The van der Waals surface area contributed by atoms with E-state index in [2.05, 4.69) is 20.9 Å². The van der Waals surface area contributed by atoms with Crippen LogP contribution in [0.1, 0.15) is 31.0 Å². The van der Waals surface area contributed by atoms with Crippen molar-refractivity contribution in [1.29, 1.82) is 0 Å². The zero-order chi connectivity index (χ0) is 26.1. The summed E-state index contributed by atoms with van der Waals surface area (Å²) in [6.07, 6.45) is 1.63. The van der Waals surface area contributed by atoms with E-state index in [0.29, 0.717) is 41.2 Å². The standard InChI is InChI=1S/C25H22BrIN2O6S/c1-5-35-24(32)20-12(2)28-25-29(21(20)13-6-7-17(33-3)18(9-13)34-4)23(31)19(36-25)10-14-8-15(26)11-16(27)22(14)30/h6-11,21,30H,5H2,1-4H3/b19-10+/t21-/m1/s1. The van der Waals surface area contributed by atoms with E-state index in [0.717, 1.165) is 4.47 Å². The Labute approximate surface area is 232 Å². The van der Waals surface area contributed by atoms with E-state index in [1.807, 2.05) is 22.6 Å². The summed E-state index contributed by atoms with van der Waals surface area (Å²) in [5.41, 5.74) is 1.51. The number of aromatic nitrogens is 1. The molecule has 0 saturated heterocycles. The van der Waals surface area contributed by atoms with Crippen LogP contribution in [0.4, 0.5) is 0 Å². The molecular formula is C25H22BrIN2O6S. The number of carbonyl (C=O) groups excluding carboxylic acids is 1. The van der Waals surface area contributed by atoms with Crippen LogP contribution >= 0.6 is 49.9 Å². The van der Waals surface area contributed by atoms with Crippen LogP contribution in [-0.4, -0.2) is 36.5 Å². The summed E-state index contributed by atoms with van der Waals surface area (Å²) in [7, 11) is 3.06. The number of esters is 1. The molecule has 0 bridgehead atoms. The molecule has 0 unspecified atom stereocenters.